The number of para-hydroxylation sites is 1. The highest BCUT2D eigenvalue weighted by atomic mass is 79.9. The quantitative estimate of drug-likeness (QED) is 0.199. The van der Waals surface area contributed by atoms with Crippen molar-refractivity contribution in [3.05, 3.63) is 111 Å². The molecular formula is C32H27BrN4O3S. The molecule has 5 aromatic rings. The molecule has 1 amide bonds. The molecule has 0 fully saturated rings. The van der Waals surface area contributed by atoms with Crippen LogP contribution in [0.3, 0.4) is 0 Å². The number of fused-ring (bicyclic) bond motifs is 2. The summed E-state index contributed by atoms with van der Waals surface area (Å²) in [5.74, 6) is -0.966. The number of hydrogen-bond donors (Lipinski definition) is 1. The molecule has 0 spiro atoms. The second-order valence-electron chi connectivity index (χ2n) is 9.96. The van der Waals surface area contributed by atoms with E-state index in [1.54, 1.807) is 6.92 Å². The van der Waals surface area contributed by atoms with Crippen LogP contribution in [0, 0.1) is 0 Å². The number of anilines is 1. The van der Waals surface area contributed by atoms with Crippen LogP contribution in [0.5, 0.6) is 0 Å². The minimum atomic E-state index is -1.02. The maximum Gasteiger partial charge on any atom is 0.339 e. The van der Waals surface area contributed by atoms with Crippen molar-refractivity contribution in [1.29, 1.82) is 0 Å². The van der Waals surface area contributed by atoms with Gasteiger partial charge in [0, 0.05) is 58.1 Å². The number of halogens is 1. The Balaban J connectivity index is 1.20. The smallest absolute Gasteiger partial charge is 0.339 e. The molecule has 6 rings (SSSR count). The lowest BCUT2D eigenvalue weighted by molar-refractivity contribution is -0.123. The molecule has 9 heteroatoms. The molecule has 0 bridgehead atoms. The van der Waals surface area contributed by atoms with E-state index in [0.29, 0.717) is 17.2 Å². The third-order valence-corrected chi connectivity index (χ3v) is 8.39. The highest BCUT2D eigenvalue weighted by Crippen LogP contribution is 2.30. The molecule has 3 heterocycles. The summed E-state index contributed by atoms with van der Waals surface area (Å²) in [6.07, 6.45) is -0.289. The number of rotatable bonds is 7. The summed E-state index contributed by atoms with van der Waals surface area (Å²) in [4.78, 5) is 38.5. The average Bonchev–Trinajstić information content (AvgIpc) is 3.45. The molecule has 0 radical (unpaired) electrons. The maximum atomic E-state index is 13.7. The average molecular weight is 628 g/mol. The molecule has 1 atom stereocenters. The molecule has 1 aliphatic heterocycles. The molecule has 0 saturated heterocycles. The predicted octanol–water partition coefficient (Wildman–Crippen LogP) is 6.86. The monoisotopic (exact) mass is 626 g/mol. The van der Waals surface area contributed by atoms with Crippen LogP contribution in [0.4, 0.5) is 5.13 Å². The standard InChI is InChI=1S/C32H27BrN4O3S/c1-20(30(38)36-32-35-28(19-41-32)22-11-13-23(33)14-12-22)40-31(39)29-24-9-5-6-10-26(24)34-27-15-16-37(18-25(27)29)17-21-7-3-2-4-8-21/h2-14,19-20H,15-18H2,1H3,(H,35,36,38). The number of ether oxygens (including phenoxy) is 1. The number of carbonyl (C=O) groups is 2. The SMILES string of the molecule is CC(OC(=O)c1c2c(nc3ccccc13)CCN(Cc1ccccc1)C2)C(=O)Nc1nc(-c2ccc(Br)cc2)cs1. The lowest BCUT2D eigenvalue weighted by Crippen LogP contribution is -2.34. The van der Waals surface area contributed by atoms with Crippen LogP contribution in [0.2, 0.25) is 0 Å². The fourth-order valence-corrected chi connectivity index (χ4v) is 6.01. The van der Waals surface area contributed by atoms with Crippen molar-refractivity contribution >= 4 is 55.2 Å². The minimum absolute atomic E-state index is 0.437. The van der Waals surface area contributed by atoms with Gasteiger partial charge in [0.05, 0.1) is 16.8 Å². The molecule has 1 aliphatic rings. The Bertz CT molecular complexity index is 1720. The van der Waals surface area contributed by atoms with E-state index < -0.39 is 18.0 Å². The van der Waals surface area contributed by atoms with Crippen molar-refractivity contribution in [1.82, 2.24) is 14.9 Å². The van der Waals surface area contributed by atoms with Crippen LogP contribution in [0.25, 0.3) is 22.2 Å². The van der Waals surface area contributed by atoms with Crippen LogP contribution < -0.4 is 5.32 Å². The summed E-state index contributed by atoms with van der Waals surface area (Å²) in [6, 6.07) is 25.7. The van der Waals surface area contributed by atoms with Crippen molar-refractivity contribution in [2.45, 2.75) is 32.5 Å². The van der Waals surface area contributed by atoms with E-state index in [9.17, 15) is 9.59 Å². The van der Waals surface area contributed by atoms with E-state index in [2.05, 4.69) is 43.3 Å². The Kier molecular flexibility index (Phi) is 7.91. The van der Waals surface area contributed by atoms with Crippen molar-refractivity contribution in [2.24, 2.45) is 0 Å². The largest absolute Gasteiger partial charge is 0.449 e. The number of nitrogens with zero attached hydrogens (tertiary/aromatic N) is 3. The first-order valence-corrected chi connectivity index (χ1v) is 15.0. The van der Waals surface area contributed by atoms with Crippen molar-refractivity contribution in [2.75, 3.05) is 11.9 Å². The highest BCUT2D eigenvalue weighted by Gasteiger charge is 2.29. The van der Waals surface area contributed by atoms with E-state index in [1.165, 1.54) is 16.9 Å². The number of nitrogens with one attached hydrogen (secondary N) is 1. The third kappa shape index (κ3) is 6.07. The molecule has 3 aromatic carbocycles. The topological polar surface area (TPSA) is 84.4 Å². The van der Waals surface area contributed by atoms with Crippen LogP contribution >= 0.6 is 27.3 Å². The lowest BCUT2D eigenvalue weighted by atomic mass is 9.95. The van der Waals surface area contributed by atoms with Crippen molar-refractivity contribution < 1.29 is 14.3 Å². The molecule has 206 valence electrons. The molecule has 41 heavy (non-hydrogen) atoms. The highest BCUT2D eigenvalue weighted by molar-refractivity contribution is 9.10. The molecule has 1 N–H and O–H groups in total. The number of carbonyl (C=O) groups excluding carboxylic acids is 2. The summed E-state index contributed by atoms with van der Waals surface area (Å²) in [7, 11) is 0. The minimum Gasteiger partial charge on any atom is -0.449 e. The summed E-state index contributed by atoms with van der Waals surface area (Å²) in [6.45, 7) is 3.77. The van der Waals surface area contributed by atoms with Gasteiger partial charge in [0.2, 0.25) is 0 Å². The normalized spacial score (nSPS) is 13.9. The second kappa shape index (κ2) is 11.9. The van der Waals surface area contributed by atoms with Gasteiger partial charge in [0.15, 0.2) is 11.2 Å². The van der Waals surface area contributed by atoms with Crippen molar-refractivity contribution in [3.8, 4) is 11.3 Å². The van der Waals surface area contributed by atoms with Crippen LogP contribution in [-0.2, 0) is 29.0 Å². The van der Waals surface area contributed by atoms with Gasteiger partial charge < -0.3 is 4.74 Å². The van der Waals surface area contributed by atoms with E-state index in [-0.39, 0.29) is 0 Å². The molecular weight excluding hydrogens is 600 g/mol. The molecule has 0 aliphatic carbocycles. The van der Waals surface area contributed by atoms with Crippen molar-refractivity contribution in [3.63, 3.8) is 0 Å². The number of benzene rings is 3. The van der Waals surface area contributed by atoms with E-state index in [0.717, 1.165) is 57.4 Å². The maximum absolute atomic E-state index is 13.7. The Labute approximate surface area is 250 Å². The first kappa shape index (κ1) is 27.3. The first-order valence-electron chi connectivity index (χ1n) is 13.3. The second-order valence-corrected chi connectivity index (χ2v) is 11.7. The van der Waals surface area contributed by atoms with Crippen LogP contribution in [0.1, 0.15) is 34.1 Å². The molecule has 2 aromatic heterocycles. The summed E-state index contributed by atoms with van der Waals surface area (Å²) >= 11 is 4.76. The van der Waals surface area contributed by atoms with Gasteiger partial charge in [0.25, 0.3) is 5.91 Å². The lowest BCUT2D eigenvalue weighted by Gasteiger charge is -2.30. The number of esters is 1. The van der Waals surface area contributed by atoms with Gasteiger partial charge in [-0.1, -0.05) is 76.6 Å². The van der Waals surface area contributed by atoms with Gasteiger partial charge in [-0.25, -0.2) is 9.78 Å². The van der Waals surface area contributed by atoms with Gasteiger partial charge in [0.1, 0.15) is 0 Å². The zero-order chi connectivity index (χ0) is 28.3. The Morgan fingerprint density at radius 3 is 2.59 bits per heavy atom. The molecule has 7 nitrogen and oxygen atoms in total. The van der Waals surface area contributed by atoms with E-state index in [1.807, 2.05) is 72.1 Å². The van der Waals surface area contributed by atoms with Gasteiger partial charge >= 0.3 is 5.97 Å². The van der Waals surface area contributed by atoms with E-state index >= 15 is 0 Å². The van der Waals surface area contributed by atoms with Gasteiger partial charge in [-0.3, -0.25) is 20.0 Å². The van der Waals surface area contributed by atoms with Gasteiger partial charge in [-0.2, -0.15) is 0 Å². The number of amides is 1. The predicted molar refractivity (Wildman–Crippen MR) is 165 cm³/mol. The van der Waals surface area contributed by atoms with Crippen LogP contribution in [0.15, 0.2) is 88.7 Å². The zero-order valence-corrected chi connectivity index (χ0v) is 24.7. The van der Waals surface area contributed by atoms with Gasteiger partial charge in [-0.05, 0) is 30.7 Å². The zero-order valence-electron chi connectivity index (χ0n) is 22.3. The fourth-order valence-electron chi connectivity index (χ4n) is 5.02. The Morgan fingerprint density at radius 1 is 1.02 bits per heavy atom. The van der Waals surface area contributed by atoms with E-state index in [4.69, 9.17) is 9.72 Å². The first-order chi connectivity index (χ1) is 19.9. The Morgan fingerprint density at radius 2 is 1.78 bits per heavy atom. The number of thiazole rings is 1. The summed E-state index contributed by atoms with van der Waals surface area (Å²) in [5, 5.41) is 5.85. The summed E-state index contributed by atoms with van der Waals surface area (Å²) in [5.41, 5.74) is 5.91. The number of aromatic nitrogens is 2. The molecule has 0 saturated carbocycles. The van der Waals surface area contributed by atoms with Gasteiger partial charge in [-0.15, -0.1) is 11.3 Å². The number of hydrogen-bond acceptors (Lipinski definition) is 7. The Hall–Kier alpha value is -3.92. The summed E-state index contributed by atoms with van der Waals surface area (Å²) < 4.78 is 6.76. The third-order valence-electron chi connectivity index (χ3n) is 7.11. The molecule has 1 unspecified atom stereocenters. The fraction of sp³-hybridized carbons (Fsp3) is 0.188. The van der Waals surface area contributed by atoms with Crippen LogP contribution in [-0.4, -0.2) is 39.4 Å². The number of pyridine rings is 1.